The van der Waals surface area contributed by atoms with Gasteiger partial charge in [-0.2, -0.15) is 0 Å². The predicted molar refractivity (Wildman–Crippen MR) is 575 cm³/mol. The van der Waals surface area contributed by atoms with E-state index in [0.29, 0.717) is 5.41 Å². The zero-order chi connectivity index (χ0) is 92.3. The van der Waals surface area contributed by atoms with Crippen LogP contribution in [0.4, 0.5) is 0 Å². The third-order valence-electron chi connectivity index (χ3n) is 32.2. The molecule has 0 amide bonds. The van der Waals surface area contributed by atoms with Crippen LogP contribution < -0.4 is 39.0 Å². The van der Waals surface area contributed by atoms with E-state index < -0.39 is 32.3 Å². The Bertz CT molecular complexity index is 7020. The number of hydrogen-bond acceptors (Lipinski definition) is 0. The molecule has 666 valence electrons. The van der Waals surface area contributed by atoms with Gasteiger partial charge in [0.25, 0.3) is 0 Å². The minimum atomic E-state index is -1.40. The summed E-state index contributed by atoms with van der Waals surface area (Å²) >= 11 is 0. The van der Waals surface area contributed by atoms with E-state index in [1.807, 2.05) is 0 Å². The summed E-state index contributed by atoms with van der Waals surface area (Å²) in [6.07, 6.45) is 20.2. The minimum Gasteiger partial charge on any atom is -0.200 e. The van der Waals surface area contributed by atoms with Gasteiger partial charge in [-0.05, 0) is 270 Å². The highest BCUT2D eigenvalue weighted by Crippen LogP contribution is 2.45. The molecule has 4 aromatic heterocycles. The fraction of sp³-hybridized carbons (Fsp3) is 0.317. The zero-order valence-corrected chi connectivity index (χ0v) is 87.0. The molecule has 131 heavy (non-hydrogen) atoms. The third kappa shape index (κ3) is 18.4. The van der Waals surface area contributed by atoms with E-state index in [1.165, 1.54) is 299 Å². The van der Waals surface area contributed by atoms with Crippen LogP contribution in [0.1, 0.15) is 132 Å². The second-order valence-corrected chi connectivity index (χ2v) is 61.3. The molecule has 0 atom stereocenters. The first-order valence-corrected chi connectivity index (χ1v) is 60.8. The standard InChI is InChI=1S/C33H40NSi.C31H36NSi.C30H34NSi.C29H32NSi/c1-23-9-8-10-24(2)31(23)27-11-13-29(25(3)21-27)32-30-14-12-28(22-26(30)15-18-34(32)6)35(7)19-16-33(4,5)17-20-35;1-22-10-9-11-23(2)30(22)26-12-14-28(24(3)20-26)31-29-15-13-27(21-25(29)16-17-32(31)4)33(5)18-7-6-8-19-33;1-21-9-8-10-22(2)29(21)25-11-13-27(23(3)19-25)30-28-14-12-26(32(5)17-6-7-18-32)20-24(28)15-16-31(30)4;1-20-8-6-9-21(2)28(20)24-10-12-26(22(3)18-24)29-27-13-11-25(31(5)16-7-17-31)19-23(27)14-15-30(29)4/h8-15,18,21-22H,16-17,19-20H2,1-7H3;9-17,20-21H,6-8,18-19H2,1-5H3;8-16,19-20H,6-7,17-18H2,1-5H3;6,8-15,18-19H,7,16-17H2,1-5H3/q4*+1. The highest BCUT2D eigenvalue weighted by molar-refractivity contribution is 6.93. The van der Waals surface area contributed by atoms with E-state index in [-0.39, 0.29) is 0 Å². The molecule has 4 aliphatic heterocycles. The van der Waals surface area contributed by atoms with Gasteiger partial charge in [0.05, 0.1) is 53.8 Å². The van der Waals surface area contributed by atoms with Crippen LogP contribution in [-0.2, 0) is 28.2 Å². The van der Waals surface area contributed by atoms with E-state index in [4.69, 9.17) is 0 Å². The summed E-state index contributed by atoms with van der Waals surface area (Å²) in [5.74, 6) is 0. The number of hydrogen-bond donors (Lipinski definition) is 0. The van der Waals surface area contributed by atoms with E-state index in [9.17, 15) is 0 Å². The van der Waals surface area contributed by atoms with E-state index in [1.54, 1.807) is 20.7 Å². The zero-order valence-electron chi connectivity index (χ0n) is 83.0. The average molecular weight is 1790 g/mol. The maximum atomic E-state index is 2.61. The Labute approximate surface area is 788 Å². The molecule has 16 aromatic rings. The number of rotatable bonds is 12. The number of fused-ring (bicyclic) bond motifs is 4. The fourth-order valence-corrected chi connectivity index (χ4v) is 38.6. The van der Waals surface area contributed by atoms with Crippen LogP contribution in [-0.4, -0.2) is 32.3 Å². The molecule has 0 N–H and O–H groups in total. The van der Waals surface area contributed by atoms with Gasteiger partial charge in [0, 0.05) is 46.5 Å². The summed E-state index contributed by atoms with van der Waals surface area (Å²) < 4.78 is 9.16. The van der Waals surface area contributed by atoms with Gasteiger partial charge >= 0.3 is 0 Å². The van der Waals surface area contributed by atoms with Crippen molar-refractivity contribution in [2.24, 2.45) is 33.6 Å². The van der Waals surface area contributed by atoms with Crippen LogP contribution in [0.2, 0.25) is 74.5 Å². The van der Waals surface area contributed by atoms with Crippen molar-refractivity contribution < 1.29 is 18.3 Å². The normalized spacial score (nSPS) is 15.8. The number of aryl methyl sites for hydroxylation is 16. The van der Waals surface area contributed by atoms with Crippen LogP contribution >= 0.6 is 0 Å². The van der Waals surface area contributed by atoms with E-state index in [2.05, 4.69) is 437 Å². The van der Waals surface area contributed by atoms with Crippen molar-refractivity contribution in [2.75, 3.05) is 0 Å². The molecule has 0 spiro atoms. The molecular weight excluding hydrogens is 1650 g/mol. The lowest BCUT2D eigenvalue weighted by Crippen LogP contribution is -2.50. The maximum Gasteiger partial charge on any atom is 0.220 e. The summed E-state index contributed by atoms with van der Waals surface area (Å²) in [5, 5.41) is 17.5. The van der Waals surface area contributed by atoms with Crippen LogP contribution in [0, 0.1) is 88.5 Å². The molecule has 0 aliphatic carbocycles. The van der Waals surface area contributed by atoms with Crippen molar-refractivity contribution in [1.29, 1.82) is 0 Å². The van der Waals surface area contributed by atoms with Crippen LogP contribution in [0.15, 0.2) is 267 Å². The molecule has 0 bridgehead atoms. The Balaban J connectivity index is 0.000000122. The molecule has 8 heterocycles. The molecule has 20 rings (SSSR count). The van der Waals surface area contributed by atoms with Gasteiger partial charge in [0.15, 0.2) is 24.8 Å². The first-order chi connectivity index (χ1) is 62.7. The van der Waals surface area contributed by atoms with Gasteiger partial charge in [-0.25, -0.2) is 18.3 Å². The minimum absolute atomic E-state index is 0.519. The van der Waals surface area contributed by atoms with Crippen molar-refractivity contribution in [3.05, 3.63) is 334 Å². The highest BCUT2D eigenvalue weighted by atomic mass is 28.3. The summed E-state index contributed by atoms with van der Waals surface area (Å²) in [6, 6.07) is 104. The quantitative estimate of drug-likeness (QED) is 0.0856. The summed E-state index contributed by atoms with van der Waals surface area (Å²) in [6.45, 7) is 42.0. The Hall–Kier alpha value is -10.9. The van der Waals surface area contributed by atoms with Gasteiger partial charge < -0.3 is 0 Å². The monoisotopic (exact) mass is 1790 g/mol. The Morgan fingerprint density at radius 3 is 0.649 bits per heavy atom. The largest absolute Gasteiger partial charge is 0.220 e. The predicted octanol–water partition coefficient (Wildman–Crippen LogP) is 29.0. The second-order valence-electron chi connectivity index (χ2n) is 42.5. The molecule has 12 aromatic carbocycles. The maximum absolute atomic E-state index is 2.61. The molecule has 4 fully saturated rings. The lowest BCUT2D eigenvalue weighted by atomic mass is 9.87. The lowest BCUT2D eigenvalue weighted by molar-refractivity contribution is -0.659. The Morgan fingerprint density at radius 1 is 0.221 bits per heavy atom. The second kappa shape index (κ2) is 37.3. The number of benzene rings is 12. The Kier molecular flexibility index (Phi) is 26.2. The van der Waals surface area contributed by atoms with Gasteiger partial charge in [0.2, 0.25) is 22.8 Å². The molecular formula is C123H142N4Si4+4. The molecule has 4 saturated heterocycles. The van der Waals surface area contributed by atoms with E-state index >= 15 is 0 Å². The summed E-state index contributed by atoms with van der Waals surface area (Å²) in [7, 11) is 3.55. The van der Waals surface area contributed by atoms with Crippen LogP contribution in [0.3, 0.4) is 0 Å². The molecule has 0 saturated carbocycles. The van der Waals surface area contributed by atoms with Crippen molar-refractivity contribution in [3.8, 4) is 89.5 Å². The highest BCUT2D eigenvalue weighted by Gasteiger charge is 2.40. The van der Waals surface area contributed by atoms with Crippen molar-refractivity contribution in [3.63, 3.8) is 0 Å². The molecule has 4 aliphatic rings. The first-order valence-electron chi connectivity index (χ1n) is 49.1. The SMILES string of the molecule is Cc1cc(-c2c(C)cccc2C)ccc1-c1c2ccc([Si]3(C)CCC(C)(C)CC3)cc2cc[n+]1C.Cc1cc(-c2c(C)cccc2C)ccc1-c1c2ccc([Si]3(C)CCC3)cc2cc[n+]1C.Cc1cc(-c2c(C)cccc2C)ccc1-c1c2ccc([Si]3(C)CCCC3)cc2cc[n+]1C.Cc1cc(-c2c(C)cccc2C)ccc1-c1c2ccc([Si]3(C)CCCCC3)cc2cc[n+]1C. The fourth-order valence-electron chi connectivity index (χ4n) is 23.6. The van der Waals surface area contributed by atoms with Crippen LogP contribution in [0.25, 0.3) is 133 Å². The number of nitrogens with zero attached hydrogens (tertiary/aromatic N) is 4. The van der Waals surface area contributed by atoms with Gasteiger partial charge in [-0.1, -0.05) is 330 Å². The smallest absolute Gasteiger partial charge is 0.200 e. The third-order valence-corrected chi connectivity index (χ3v) is 50.4. The molecule has 0 radical (unpaired) electrons. The number of pyridine rings is 4. The van der Waals surface area contributed by atoms with Gasteiger partial charge in [0.1, 0.15) is 28.2 Å². The molecule has 8 heteroatoms. The first kappa shape index (κ1) is 92.0. The summed E-state index contributed by atoms with van der Waals surface area (Å²) in [4.78, 5) is 0. The topological polar surface area (TPSA) is 15.5 Å². The average Bonchev–Trinajstić information content (AvgIpc) is 1.59. The number of aromatic nitrogens is 4. The summed E-state index contributed by atoms with van der Waals surface area (Å²) in [5.41, 5.74) is 37.8. The van der Waals surface area contributed by atoms with Crippen molar-refractivity contribution in [2.45, 2.75) is 223 Å². The van der Waals surface area contributed by atoms with Crippen molar-refractivity contribution in [1.82, 2.24) is 0 Å². The van der Waals surface area contributed by atoms with Crippen LogP contribution in [0.5, 0.6) is 0 Å². The Morgan fingerprint density at radius 2 is 0.435 bits per heavy atom. The lowest BCUT2D eigenvalue weighted by Gasteiger charge is -2.40. The van der Waals surface area contributed by atoms with E-state index in [0.717, 1.165) is 0 Å². The molecule has 4 nitrogen and oxygen atoms in total. The molecule has 0 unspecified atom stereocenters. The van der Waals surface area contributed by atoms with Gasteiger partial charge in [-0.15, -0.1) is 0 Å². The van der Waals surface area contributed by atoms with Gasteiger partial charge in [-0.3, -0.25) is 0 Å². The van der Waals surface area contributed by atoms with Crippen molar-refractivity contribution >= 4 is 96.1 Å².